The SMILES string of the molecule is C=N/C=C\C(C(=O)OC)=C(/C)NC[C@@H]1CCCc2cc(N(C)c3ccc(N4CC(O)C4)cc3)ccc21. The van der Waals surface area contributed by atoms with Gasteiger partial charge in [-0.2, -0.15) is 0 Å². The number of aliphatic imine (C=N–C) groups is 1. The van der Waals surface area contributed by atoms with E-state index in [4.69, 9.17) is 4.74 Å². The zero-order valence-electron chi connectivity index (χ0n) is 21.4. The minimum absolute atomic E-state index is 0.205. The molecule has 1 atom stereocenters. The van der Waals surface area contributed by atoms with Crippen molar-refractivity contribution in [1.82, 2.24) is 5.32 Å². The zero-order chi connectivity index (χ0) is 25.7. The Bertz CT molecular complexity index is 1150. The molecule has 0 radical (unpaired) electrons. The van der Waals surface area contributed by atoms with Crippen LogP contribution in [0.5, 0.6) is 0 Å². The highest BCUT2D eigenvalue weighted by Crippen LogP contribution is 2.35. The van der Waals surface area contributed by atoms with Crippen LogP contribution >= 0.6 is 0 Å². The van der Waals surface area contributed by atoms with E-state index in [1.165, 1.54) is 30.1 Å². The van der Waals surface area contributed by atoms with E-state index in [2.05, 4.69) is 76.3 Å². The van der Waals surface area contributed by atoms with Gasteiger partial charge in [-0.05, 0) is 86.5 Å². The number of methoxy groups -OCH3 is 1. The predicted octanol–water partition coefficient (Wildman–Crippen LogP) is 4.31. The van der Waals surface area contributed by atoms with Gasteiger partial charge in [0.15, 0.2) is 0 Å². The number of ether oxygens (including phenoxy) is 1. The van der Waals surface area contributed by atoms with Gasteiger partial charge in [0.05, 0.1) is 18.8 Å². The second-order valence-corrected chi connectivity index (χ2v) is 9.52. The molecule has 0 bridgehead atoms. The lowest BCUT2D eigenvalue weighted by Crippen LogP contribution is -2.50. The second-order valence-electron chi connectivity index (χ2n) is 9.52. The molecule has 0 unspecified atom stereocenters. The number of esters is 1. The summed E-state index contributed by atoms with van der Waals surface area (Å²) in [4.78, 5) is 20.3. The Kier molecular flexibility index (Phi) is 8.10. The Hall–Kier alpha value is -3.58. The molecule has 1 aliphatic heterocycles. The second kappa shape index (κ2) is 11.4. The molecule has 7 nitrogen and oxygen atoms in total. The molecule has 36 heavy (non-hydrogen) atoms. The van der Waals surface area contributed by atoms with E-state index in [9.17, 15) is 9.90 Å². The average Bonchev–Trinajstić information content (AvgIpc) is 2.89. The number of hydrogen-bond acceptors (Lipinski definition) is 7. The molecular formula is C29H36N4O3. The maximum absolute atomic E-state index is 12.2. The summed E-state index contributed by atoms with van der Waals surface area (Å²) in [7, 11) is 3.48. The lowest BCUT2D eigenvalue weighted by atomic mass is 9.82. The van der Waals surface area contributed by atoms with Gasteiger partial charge in [0, 0.05) is 61.6 Å². The zero-order valence-corrected chi connectivity index (χ0v) is 21.4. The first-order valence-corrected chi connectivity index (χ1v) is 12.5. The van der Waals surface area contributed by atoms with Gasteiger partial charge in [-0.25, -0.2) is 4.79 Å². The van der Waals surface area contributed by atoms with Crippen LogP contribution < -0.4 is 15.1 Å². The molecule has 2 aromatic rings. The van der Waals surface area contributed by atoms with Gasteiger partial charge in [-0.1, -0.05) is 6.07 Å². The van der Waals surface area contributed by atoms with Gasteiger partial charge >= 0.3 is 5.97 Å². The lowest BCUT2D eigenvalue weighted by Gasteiger charge is -2.38. The highest BCUT2D eigenvalue weighted by Gasteiger charge is 2.25. The number of allylic oxidation sites excluding steroid dienone is 1. The number of anilines is 3. The number of rotatable bonds is 9. The van der Waals surface area contributed by atoms with E-state index in [0.717, 1.165) is 42.9 Å². The number of nitrogens with zero attached hydrogens (tertiary/aromatic N) is 3. The fraction of sp³-hybridized carbons (Fsp3) is 0.379. The van der Waals surface area contributed by atoms with Crippen molar-refractivity contribution in [3.63, 3.8) is 0 Å². The Morgan fingerprint density at radius 2 is 1.97 bits per heavy atom. The molecule has 0 aromatic heterocycles. The van der Waals surface area contributed by atoms with Crippen molar-refractivity contribution in [3.05, 3.63) is 77.1 Å². The van der Waals surface area contributed by atoms with Crippen molar-refractivity contribution in [1.29, 1.82) is 0 Å². The number of aliphatic hydroxyl groups is 1. The third-order valence-corrected chi connectivity index (χ3v) is 7.19. The average molecular weight is 489 g/mol. The quantitative estimate of drug-likeness (QED) is 0.237. The molecule has 1 fully saturated rings. The van der Waals surface area contributed by atoms with Crippen molar-refractivity contribution in [2.75, 3.05) is 43.6 Å². The number of hydrogen-bond donors (Lipinski definition) is 2. The molecule has 4 rings (SSSR count). The minimum Gasteiger partial charge on any atom is -0.465 e. The van der Waals surface area contributed by atoms with Crippen molar-refractivity contribution in [2.24, 2.45) is 4.99 Å². The molecule has 190 valence electrons. The molecule has 1 heterocycles. The number of fused-ring (bicyclic) bond motifs is 1. The minimum atomic E-state index is -0.396. The summed E-state index contributed by atoms with van der Waals surface area (Å²) in [6.07, 6.45) is 6.22. The molecule has 1 saturated heterocycles. The van der Waals surface area contributed by atoms with Crippen molar-refractivity contribution in [2.45, 2.75) is 38.2 Å². The normalized spacial score (nSPS) is 18.2. The molecule has 0 amide bonds. The van der Waals surface area contributed by atoms with Gasteiger partial charge in [0.1, 0.15) is 0 Å². The van der Waals surface area contributed by atoms with Crippen LogP contribution in [0.3, 0.4) is 0 Å². The lowest BCUT2D eigenvalue weighted by molar-refractivity contribution is -0.135. The maximum Gasteiger partial charge on any atom is 0.339 e. The van der Waals surface area contributed by atoms with Gasteiger partial charge in [0.2, 0.25) is 0 Å². The molecular weight excluding hydrogens is 452 g/mol. The van der Waals surface area contributed by atoms with Crippen LogP contribution in [-0.4, -0.2) is 57.7 Å². The smallest absolute Gasteiger partial charge is 0.339 e. The first-order chi connectivity index (χ1) is 17.4. The van der Waals surface area contributed by atoms with Gasteiger partial charge in [-0.3, -0.25) is 4.99 Å². The first-order valence-electron chi connectivity index (χ1n) is 12.5. The molecule has 0 spiro atoms. The van der Waals surface area contributed by atoms with Crippen LogP contribution in [0.15, 0.2) is 71.0 Å². The topological polar surface area (TPSA) is 77.4 Å². The summed E-state index contributed by atoms with van der Waals surface area (Å²) in [5.41, 5.74) is 7.42. The van der Waals surface area contributed by atoms with Crippen LogP contribution in [0.2, 0.25) is 0 Å². The number of carbonyl (C=O) groups is 1. The highest BCUT2D eigenvalue weighted by molar-refractivity contribution is 5.92. The van der Waals surface area contributed by atoms with Crippen LogP contribution in [0.1, 0.15) is 36.8 Å². The maximum atomic E-state index is 12.2. The molecule has 7 heteroatoms. The predicted molar refractivity (Wildman–Crippen MR) is 146 cm³/mol. The van der Waals surface area contributed by atoms with E-state index >= 15 is 0 Å². The summed E-state index contributed by atoms with van der Waals surface area (Å²) >= 11 is 0. The van der Waals surface area contributed by atoms with Gasteiger partial charge in [0.25, 0.3) is 0 Å². The van der Waals surface area contributed by atoms with E-state index in [1.807, 2.05) is 6.92 Å². The van der Waals surface area contributed by atoms with E-state index in [1.54, 1.807) is 6.08 Å². The van der Waals surface area contributed by atoms with Crippen LogP contribution in [0, 0.1) is 0 Å². The third kappa shape index (κ3) is 5.62. The summed E-state index contributed by atoms with van der Waals surface area (Å²) in [5, 5.41) is 13.0. The van der Waals surface area contributed by atoms with Crippen molar-refractivity contribution < 1.29 is 14.6 Å². The number of carbonyl (C=O) groups excluding carboxylic acids is 1. The number of aliphatic hydroxyl groups excluding tert-OH is 1. The van der Waals surface area contributed by atoms with Gasteiger partial charge < -0.3 is 25.0 Å². The number of nitrogens with one attached hydrogen (secondary N) is 1. The van der Waals surface area contributed by atoms with E-state index < -0.39 is 5.97 Å². The van der Waals surface area contributed by atoms with E-state index in [0.29, 0.717) is 24.6 Å². The van der Waals surface area contributed by atoms with Crippen LogP contribution in [0.4, 0.5) is 17.1 Å². The Balaban J connectivity index is 1.46. The van der Waals surface area contributed by atoms with Gasteiger partial charge in [-0.15, -0.1) is 0 Å². The largest absolute Gasteiger partial charge is 0.465 e. The van der Waals surface area contributed by atoms with Crippen LogP contribution in [-0.2, 0) is 16.0 Å². The summed E-state index contributed by atoms with van der Waals surface area (Å²) in [6, 6.07) is 15.3. The fourth-order valence-corrected chi connectivity index (χ4v) is 4.98. The number of aryl methyl sites for hydroxylation is 1. The molecule has 2 aliphatic rings. The molecule has 2 aromatic carbocycles. The highest BCUT2D eigenvalue weighted by atomic mass is 16.5. The molecule has 2 N–H and O–H groups in total. The standard InChI is InChI=1S/C29H36N4O3/c1-20(27(14-15-30-2)29(35)36-4)31-17-22-7-5-6-21-16-25(12-13-28(21)22)32(3)23-8-10-24(11-9-23)33-18-26(34)19-33/h8-16,22,26,31,34H,2,5-7,17-19H2,1,3-4H3/b15-14-,27-20-/t22-/m0/s1. The number of benzene rings is 2. The summed E-state index contributed by atoms with van der Waals surface area (Å²) in [6.45, 7) is 7.48. The molecule has 1 aliphatic carbocycles. The molecule has 0 saturated carbocycles. The number of β-amino-alcohol motifs (C(OH)–C–C–N with tert-alkyl or cyclic N) is 1. The van der Waals surface area contributed by atoms with E-state index in [-0.39, 0.29) is 6.10 Å². The Labute approximate surface area is 213 Å². The Morgan fingerprint density at radius 3 is 2.64 bits per heavy atom. The first kappa shape index (κ1) is 25.5. The summed E-state index contributed by atoms with van der Waals surface area (Å²) in [5.74, 6) is -0.0262. The monoisotopic (exact) mass is 488 g/mol. The Morgan fingerprint density at radius 1 is 1.25 bits per heavy atom. The fourth-order valence-electron chi connectivity index (χ4n) is 4.98. The van der Waals surface area contributed by atoms with Crippen molar-refractivity contribution >= 4 is 29.7 Å². The third-order valence-electron chi connectivity index (χ3n) is 7.19. The van der Waals surface area contributed by atoms with Crippen molar-refractivity contribution in [3.8, 4) is 0 Å². The van der Waals surface area contributed by atoms with Crippen LogP contribution in [0.25, 0.3) is 0 Å². The summed E-state index contributed by atoms with van der Waals surface area (Å²) < 4.78 is 4.91.